The normalized spacial score (nSPS) is 21.4. The van der Waals surface area contributed by atoms with E-state index in [4.69, 9.17) is 14.2 Å². The van der Waals surface area contributed by atoms with Crippen molar-refractivity contribution in [1.82, 2.24) is 20.0 Å². The van der Waals surface area contributed by atoms with Gasteiger partial charge in [0.2, 0.25) is 17.7 Å². The Morgan fingerprint density at radius 1 is 1.04 bits per heavy atom. The number of amides is 4. The van der Waals surface area contributed by atoms with E-state index in [1.807, 2.05) is 24.3 Å². The van der Waals surface area contributed by atoms with Crippen molar-refractivity contribution in [3.63, 3.8) is 0 Å². The van der Waals surface area contributed by atoms with Gasteiger partial charge in [-0.2, -0.15) is 0 Å². The highest BCUT2D eigenvalue weighted by Gasteiger charge is 2.37. The van der Waals surface area contributed by atoms with Crippen molar-refractivity contribution in [3.05, 3.63) is 53.6 Å². The molecule has 242 valence electrons. The summed E-state index contributed by atoms with van der Waals surface area (Å²) in [6, 6.07) is 11.8. The molecule has 2 aromatic carbocycles. The van der Waals surface area contributed by atoms with Crippen LogP contribution in [-0.4, -0.2) is 109 Å². The van der Waals surface area contributed by atoms with E-state index in [0.717, 1.165) is 5.56 Å². The lowest BCUT2D eigenvalue weighted by atomic mass is 9.93. The second-order valence-electron chi connectivity index (χ2n) is 11.8. The van der Waals surface area contributed by atoms with Crippen LogP contribution in [0.15, 0.2) is 42.5 Å². The molecule has 0 radical (unpaired) electrons. The topological polar surface area (TPSA) is 138 Å². The lowest BCUT2D eigenvalue weighted by Gasteiger charge is -2.41. The van der Waals surface area contributed by atoms with Crippen LogP contribution >= 0.6 is 0 Å². The lowest BCUT2D eigenvalue weighted by Crippen LogP contribution is -2.59. The molecule has 45 heavy (non-hydrogen) atoms. The first-order valence-electron chi connectivity index (χ1n) is 15.6. The molecule has 12 nitrogen and oxygen atoms in total. The molecule has 5 rings (SSSR count). The molecular formula is C33H42N4O8. The van der Waals surface area contributed by atoms with Crippen molar-refractivity contribution >= 4 is 23.6 Å². The van der Waals surface area contributed by atoms with E-state index in [0.29, 0.717) is 68.1 Å². The van der Waals surface area contributed by atoms with E-state index >= 15 is 0 Å². The van der Waals surface area contributed by atoms with Gasteiger partial charge in [0.15, 0.2) is 11.5 Å². The van der Waals surface area contributed by atoms with Crippen LogP contribution in [0.4, 0.5) is 0 Å². The number of carbonyl (C=O) groups excluding carboxylic acids is 4. The number of ether oxygens (including phenoxy) is 3. The molecule has 0 aliphatic carbocycles. The predicted molar refractivity (Wildman–Crippen MR) is 164 cm³/mol. The molecular weight excluding hydrogens is 580 g/mol. The maximum Gasteiger partial charge on any atom is 0.254 e. The van der Waals surface area contributed by atoms with Gasteiger partial charge in [-0.1, -0.05) is 12.1 Å². The molecule has 3 heterocycles. The highest BCUT2D eigenvalue weighted by atomic mass is 16.5. The van der Waals surface area contributed by atoms with Gasteiger partial charge in [0, 0.05) is 57.7 Å². The molecule has 0 spiro atoms. The second kappa shape index (κ2) is 14.7. The first kappa shape index (κ1) is 32.2. The first-order chi connectivity index (χ1) is 21.7. The minimum atomic E-state index is -0.498. The molecule has 0 unspecified atom stereocenters. The highest BCUT2D eigenvalue weighted by Crippen LogP contribution is 2.33. The Morgan fingerprint density at radius 3 is 2.56 bits per heavy atom. The molecule has 3 aliphatic rings. The van der Waals surface area contributed by atoms with Crippen LogP contribution in [0.2, 0.25) is 0 Å². The zero-order valence-corrected chi connectivity index (χ0v) is 25.9. The summed E-state index contributed by atoms with van der Waals surface area (Å²) in [7, 11) is 1.52. The highest BCUT2D eigenvalue weighted by molar-refractivity contribution is 5.97. The van der Waals surface area contributed by atoms with Gasteiger partial charge in [0.1, 0.15) is 5.75 Å². The number of hydrogen-bond acceptors (Lipinski definition) is 8. The third kappa shape index (κ3) is 7.93. The number of benzene rings is 2. The summed E-state index contributed by atoms with van der Waals surface area (Å²) in [4.78, 5) is 57.4. The standard InChI is InChI=1S/C33H42N4O8/c1-22(39)35-13-9-24(10-14-35)32(41)37-15-11-28-27(19-37)34-31(40)20-36(12-4-16-38)33(42)25-7-8-29(43-2)30(18-25)45-26-6-3-5-23(17-26)21-44-28/h3,5-8,17-18,24,27-28,38H,4,9-16,19-21H2,1-2H3,(H,34,40)/t27-,28-/m0/s1. The number of hydrogen-bond donors (Lipinski definition) is 2. The Labute approximate surface area is 263 Å². The van der Waals surface area contributed by atoms with Crippen molar-refractivity contribution < 1.29 is 38.5 Å². The summed E-state index contributed by atoms with van der Waals surface area (Å²) < 4.78 is 18.0. The predicted octanol–water partition coefficient (Wildman–Crippen LogP) is 2.19. The van der Waals surface area contributed by atoms with E-state index in [2.05, 4.69) is 5.32 Å². The van der Waals surface area contributed by atoms with E-state index in [1.54, 1.807) is 34.9 Å². The Kier molecular flexibility index (Phi) is 10.6. The Bertz CT molecular complexity index is 1390. The maximum absolute atomic E-state index is 13.7. The van der Waals surface area contributed by atoms with Crippen molar-refractivity contribution in [2.45, 2.75) is 51.4 Å². The first-order valence-corrected chi connectivity index (χ1v) is 15.6. The summed E-state index contributed by atoms with van der Waals surface area (Å²) >= 11 is 0. The van der Waals surface area contributed by atoms with Gasteiger partial charge in [0.05, 0.1) is 32.4 Å². The van der Waals surface area contributed by atoms with Gasteiger partial charge >= 0.3 is 0 Å². The van der Waals surface area contributed by atoms with Gasteiger partial charge in [-0.25, -0.2) is 0 Å². The summed E-state index contributed by atoms with van der Waals surface area (Å²) in [6.07, 6.45) is 1.67. The van der Waals surface area contributed by atoms with Crippen molar-refractivity contribution in [1.29, 1.82) is 0 Å². The third-order valence-corrected chi connectivity index (χ3v) is 8.71. The molecule has 4 bridgehead atoms. The molecule has 2 saturated heterocycles. The smallest absolute Gasteiger partial charge is 0.254 e. The summed E-state index contributed by atoms with van der Waals surface area (Å²) in [5.74, 6) is 0.432. The number of carbonyl (C=O) groups is 4. The number of nitrogens with one attached hydrogen (secondary N) is 1. The second-order valence-corrected chi connectivity index (χ2v) is 11.8. The molecule has 3 aliphatic heterocycles. The summed E-state index contributed by atoms with van der Waals surface area (Å²) in [5, 5.41) is 12.6. The summed E-state index contributed by atoms with van der Waals surface area (Å²) in [5.41, 5.74) is 1.17. The van der Waals surface area contributed by atoms with Gasteiger partial charge < -0.3 is 39.3 Å². The van der Waals surface area contributed by atoms with Crippen LogP contribution in [-0.2, 0) is 25.7 Å². The van der Waals surface area contributed by atoms with E-state index < -0.39 is 11.9 Å². The molecule has 2 fully saturated rings. The van der Waals surface area contributed by atoms with Crippen LogP contribution in [0.3, 0.4) is 0 Å². The van der Waals surface area contributed by atoms with E-state index in [1.165, 1.54) is 12.0 Å². The average Bonchev–Trinajstić information content (AvgIpc) is 3.05. The minimum absolute atomic E-state index is 0.0173. The molecule has 12 heteroatoms. The number of aliphatic hydroxyl groups is 1. The number of methoxy groups -OCH3 is 1. The van der Waals surface area contributed by atoms with E-state index in [-0.39, 0.29) is 62.6 Å². The molecule has 4 amide bonds. The van der Waals surface area contributed by atoms with Crippen LogP contribution in [0.1, 0.15) is 48.5 Å². The van der Waals surface area contributed by atoms with Gasteiger partial charge in [-0.3, -0.25) is 19.2 Å². The van der Waals surface area contributed by atoms with Gasteiger partial charge in [-0.05, 0) is 61.6 Å². The van der Waals surface area contributed by atoms with Crippen LogP contribution in [0, 0.1) is 5.92 Å². The number of fused-ring (bicyclic) bond motifs is 5. The fourth-order valence-electron chi connectivity index (χ4n) is 6.21. The van der Waals surface area contributed by atoms with Gasteiger partial charge in [0.25, 0.3) is 5.91 Å². The van der Waals surface area contributed by atoms with Crippen molar-refractivity contribution in [2.24, 2.45) is 5.92 Å². The average molecular weight is 623 g/mol. The molecule has 2 atom stereocenters. The largest absolute Gasteiger partial charge is 0.493 e. The number of likely N-dealkylation sites (tertiary alicyclic amines) is 2. The van der Waals surface area contributed by atoms with Crippen LogP contribution in [0.5, 0.6) is 17.2 Å². The van der Waals surface area contributed by atoms with Gasteiger partial charge in [-0.15, -0.1) is 0 Å². The quantitative estimate of drug-likeness (QED) is 0.518. The number of aliphatic hydroxyl groups excluding tert-OH is 1. The number of nitrogens with zero attached hydrogens (tertiary/aromatic N) is 3. The van der Waals surface area contributed by atoms with Crippen molar-refractivity contribution in [2.75, 3.05) is 53.0 Å². The fraction of sp³-hybridized carbons (Fsp3) is 0.515. The van der Waals surface area contributed by atoms with Crippen LogP contribution in [0.25, 0.3) is 0 Å². The summed E-state index contributed by atoms with van der Waals surface area (Å²) in [6.45, 7) is 3.48. The fourth-order valence-corrected chi connectivity index (χ4v) is 6.21. The molecule has 2 aromatic rings. The SMILES string of the molecule is COc1ccc2cc1Oc1cccc(c1)CO[C@H]1CCN(C(=O)C3CCN(C(C)=O)CC3)C[C@@H]1NC(=O)CN(CCCO)C2=O. The Morgan fingerprint density at radius 2 is 1.82 bits per heavy atom. The molecule has 2 N–H and O–H groups in total. The monoisotopic (exact) mass is 622 g/mol. The maximum atomic E-state index is 13.7. The van der Waals surface area contributed by atoms with Crippen LogP contribution < -0.4 is 14.8 Å². The number of rotatable bonds is 5. The molecule has 0 saturated carbocycles. The van der Waals surface area contributed by atoms with Crippen molar-refractivity contribution in [3.8, 4) is 17.2 Å². The molecule has 0 aromatic heterocycles. The third-order valence-electron chi connectivity index (χ3n) is 8.71. The Hall–Kier alpha value is -4.16. The lowest BCUT2D eigenvalue weighted by molar-refractivity contribution is -0.144. The zero-order valence-electron chi connectivity index (χ0n) is 25.9. The number of piperidine rings is 2. The minimum Gasteiger partial charge on any atom is -0.493 e. The zero-order chi connectivity index (χ0) is 31.9. The van der Waals surface area contributed by atoms with E-state index in [9.17, 15) is 24.3 Å². The Balaban J connectivity index is 1.39.